The second kappa shape index (κ2) is 6.78. The van der Waals surface area contributed by atoms with E-state index in [-0.39, 0.29) is 0 Å². The minimum atomic E-state index is -3.61. The quantitative estimate of drug-likeness (QED) is 0.909. The van der Waals surface area contributed by atoms with E-state index in [0.717, 1.165) is 16.1 Å². The van der Waals surface area contributed by atoms with Crippen molar-refractivity contribution < 1.29 is 13.2 Å². The number of rotatable bonds is 5. The first kappa shape index (κ1) is 17.0. The Kier molecular flexibility index (Phi) is 5.00. The number of nitrogens with zero attached hydrogens (tertiary/aromatic N) is 2. The summed E-state index contributed by atoms with van der Waals surface area (Å²) < 4.78 is 25.5. The molecule has 1 N–H and O–H groups in total. The molecule has 1 aromatic heterocycles. The van der Waals surface area contributed by atoms with E-state index in [2.05, 4.69) is 10.3 Å². The van der Waals surface area contributed by atoms with Gasteiger partial charge in [0.25, 0.3) is 0 Å². The van der Waals surface area contributed by atoms with Crippen molar-refractivity contribution in [3.8, 4) is 0 Å². The summed E-state index contributed by atoms with van der Waals surface area (Å²) in [6.07, 6.45) is 4.18. The van der Waals surface area contributed by atoms with E-state index in [1.54, 1.807) is 43.5 Å². The Hall–Kier alpha value is -2.41. The lowest BCUT2D eigenvalue weighted by Crippen LogP contribution is -2.45. The molecule has 1 aromatic carbocycles. The van der Waals surface area contributed by atoms with Gasteiger partial charge in [-0.05, 0) is 43.7 Å². The zero-order chi connectivity index (χ0) is 17.0. The summed E-state index contributed by atoms with van der Waals surface area (Å²) in [5.74, 6) is -0.426. The molecule has 2 aromatic rings. The first-order chi connectivity index (χ1) is 10.8. The highest BCUT2D eigenvalue weighted by Gasteiger charge is 2.29. The van der Waals surface area contributed by atoms with Crippen LogP contribution in [-0.4, -0.2) is 31.6 Å². The third-order valence-electron chi connectivity index (χ3n) is 3.27. The molecule has 2 rings (SSSR count). The lowest BCUT2D eigenvalue weighted by atomic mass is 10.2. The number of benzene rings is 1. The molecule has 0 radical (unpaired) electrons. The molecule has 6 nitrogen and oxygen atoms in total. The molecule has 122 valence electrons. The second-order valence-electron chi connectivity index (χ2n) is 5.30. The van der Waals surface area contributed by atoms with Crippen LogP contribution in [0.2, 0.25) is 0 Å². The molecule has 7 heteroatoms. The number of nitrogens with one attached hydrogen (secondary N) is 1. The number of carbonyl (C=O) groups is 1. The Morgan fingerprint density at radius 2 is 2.00 bits per heavy atom. The van der Waals surface area contributed by atoms with Gasteiger partial charge in [0, 0.05) is 6.20 Å². The highest BCUT2D eigenvalue weighted by atomic mass is 32.2. The fourth-order valence-electron chi connectivity index (χ4n) is 2.26. The maximum absolute atomic E-state index is 12.4. The van der Waals surface area contributed by atoms with Gasteiger partial charge in [0.2, 0.25) is 15.9 Å². The molecular formula is C16H19N3O3S. The third kappa shape index (κ3) is 4.29. The molecule has 0 aliphatic carbocycles. The third-order valence-corrected chi connectivity index (χ3v) is 4.52. The summed E-state index contributed by atoms with van der Waals surface area (Å²) in [4.78, 5) is 16.3. The molecule has 1 heterocycles. The first-order valence-electron chi connectivity index (χ1n) is 7.06. The Balaban J connectivity index is 2.31. The largest absolute Gasteiger partial charge is 0.323 e. The number of anilines is 2. The maximum Gasteiger partial charge on any atom is 0.248 e. The lowest BCUT2D eigenvalue weighted by molar-refractivity contribution is -0.116. The summed E-state index contributed by atoms with van der Waals surface area (Å²) in [6, 6.07) is 9.51. The molecule has 1 unspecified atom stereocenters. The van der Waals surface area contributed by atoms with Crippen LogP contribution in [0.3, 0.4) is 0 Å². The van der Waals surface area contributed by atoms with Crippen LogP contribution in [0, 0.1) is 6.92 Å². The zero-order valence-corrected chi connectivity index (χ0v) is 14.0. The van der Waals surface area contributed by atoms with Gasteiger partial charge in [0.05, 0.1) is 23.8 Å². The molecule has 0 saturated carbocycles. The molecule has 0 aliphatic rings. The van der Waals surface area contributed by atoms with Gasteiger partial charge in [-0.15, -0.1) is 0 Å². The minimum Gasteiger partial charge on any atom is -0.323 e. The molecule has 1 atom stereocenters. The van der Waals surface area contributed by atoms with Crippen molar-refractivity contribution in [2.75, 3.05) is 15.9 Å². The van der Waals surface area contributed by atoms with E-state index < -0.39 is 22.0 Å². The minimum absolute atomic E-state index is 0.426. The summed E-state index contributed by atoms with van der Waals surface area (Å²) in [6.45, 7) is 3.42. The van der Waals surface area contributed by atoms with Crippen molar-refractivity contribution in [2.24, 2.45) is 0 Å². The summed E-state index contributed by atoms with van der Waals surface area (Å²) in [7, 11) is -3.61. The van der Waals surface area contributed by atoms with Crippen molar-refractivity contribution in [1.29, 1.82) is 0 Å². The predicted molar refractivity (Wildman–Crippen MR) is 90.8 cm³/mol. The summed E-state index contributed by atoms with van der Waals surface area (Å²) in [5, 5.41) is 2.67. The van der Waals surface area contributed by atoms with Gasteiger partial charge >= 0.3 is 0 Å². The van der Waals surface area contributed by atoms with Crippen molar-refractivity contribution in [3.05, 3.63) is 54.4 Å². The Morgan fingerprint density at radius 1 is 1.26 bits per heavy atom. The fourth-order valence-corrected chi connectivity index (χ4v) is 3.42. The van der Waals surface area contributed by atoms with Crippen LogP contribution in [0.15, 0.2) is 48.8 Å². The van der Waals surface area contributed by atoms with Gasteiger partial charge in [-0.1, -0.05) is 12.1 Å². The van der Waals surface area contributed by atoms with Gasteiger partial charge in [0.15, 0.2) is 0 Å². The average Bonchev–Trinajstić information content (AvgIpc) is 2.47. The zero-order valence-electron chi connectivity index (χ0n) is 13.2. The van der Waals surface area contributed by atoms with Crippen LogP contribution in [0.1, 0.15) is 12.5 Å². The Labute approximate surface area is 136 Å². The second-order valence-corrected chi connectivity index (χ2v) is 7.16. The van der Waals surface area contributed by atoms with E-state index in [4.69, 9.17) is 0 Å². The van der Waals surface area contributed by atoms with Crippen LogP contribution in [0.5, 0.6) is 0 Å². The van der Waals surface area contributed by atoms with Crippen molar-refractivity contribution >= 4 is 27.3 Å². The number of pyridine rings is 1. The average molecular weight is 333 g/mol. The first-order valence-corrected chi connectivity index (χ1v) is 8.91. The van der Waals surface area contributed by atoms with E-state index in [1.807, 2.05) is 13.0 Å². The van der Waals surface area contributed by atoms with Crippen LogP contribution >= 0.6 is 0 Å². The Morgan fingerprint density at radius 3 is 2.57 bits per heavy atom. The number of amides is 1. The number of sulfonamides is 1. The number of hydrogen-bond donors (Lipinski definition) is 1. The smallest absolute Gasteiger partial charge is 0.248 e. The van der Waals surface area contributed by atoms with Crippen molar-refractivity contribution in [2.45, 2.75) is 19.9 Å². The van der Waals surface area contributed by atoms with Gasteiger partial charge in [-0.3, -0.25) is 14.1 Å². The maximum atomic E-state index is 12.4. The Bertz CT molecular complexity index is 791. The van der Waals surface area contributed by atoms with E-state index in [1.165, 1.54) is 6.20 Å². The number of aromatic nitrogens is 1. The van der Waals surface area contributed by atoms with Crippen LogP contribution < -0.4 is 9.62 Å². The number of carbonyl (C=O) groups excluding carboxylic acids is 1. The lowest BCUT2D eigenvalue weighted by Gasteiger charge is -2.28. The van der Waals surface area contributed by atoms with E-state index >= 15 is 0 Å². The topological polar surface area (TPSA) is 79.4 Å². The molecule has 23 heavy (non-hydrogen) atoms. The van der Waals surface area contributed by atoms with Gasteiger partial charge in [-0.2, -0.15) is 0 Å². The molecule has 0 saturated heterocycles. The van der Waals surface area contributed by atoms with Crippen LogP contribution in [0.25, 0.3) is 0 Å². The molecule has 0 fully saturated rings. The SMILES string of the molecule is Cc1cccc(N(C(C)C(=O)Nc2cccnc2)S(C)(=O)=O)c1. The molecule has 0 spiro atoms. The van der Waals surface area contributed by atoms with Crippen LogP contribution in [0.4, 0.5) is 11.4 Å². The highest BCUT2D eigenvalue weighted by molar-refractivity contribution is 7.92. The predicted octanol–water partition coefficient (Wildman–Crippen LogP) is 2.18. The fraction of sp³-hybridized carbons (Fsp3) is 0.250. The number of hydrogen-bond acceptors (Lipinski definition) is 4. The summed E-state index contributed by atoms with van der Waals surface area (Å²) >= 11 is 0. The molecule has 0 bridgehead atoms. The highest BCUT2D eigenvalue weighted by Crippen LogP contribution is 2.22. The molecular weight excluding hydrogens is 314 g/mol. The van der Waals surface area contributed by atoms with E-state index in [0.29, 0.717) is 11.4 Å². The summed E-state index contributed by atoms with van der Waals surface area (Å²) in [5.41, 5.74) is 1.89. The van der Waals surface area contributed by atoms with Crippen LogP contribution in [-0.2, 0) is 14.8 Å². The molecule has 0 aliphatic heterocycles. The van der Waals surface area contributed by atoms with Gasteiger partial charge < -0.3 is 5.32 Å². The standard InChI is InChI=1S/C16H19N3O3S/c1-12-6-4-8-15(10-12)19(23(3,21)22)13(2)16(20)18-14-7-5-9-17-11-14/h4-11,13H,1-3H3,(H,18,20). The van der Waals surface area contributed by atoms with Crippen molar-refractivity contribution in [1.82, 2.24) is 4.98 Å². The van der Waals surface area contributed by atoms with Crippen molar-refractivity contribution in [3.63, 3.8) is 0 Å². The van der Waals surface area contributed by atoms with E-state index in [9.17, 15) is 13.2 Å². The number of aryl methyl sites for hydroxylation is 1. The monoisotopic (exact) mass is 333 g/mol. The normalized spacial score (nSPS) is 12.5. The molecule has 1 amide bonds. The van der Waals surface area contributed by atoms with Gasteiger partial charge in [-0.25, -0.2) is 8.42 Å². The van der Waals surface area contributed by atoms with Gasteiger partial charge in [0.1, 0.15) is 6.04 Å².